The molecule has 0 spiro atoms. The van der Waals surface area contributed by atoms with Crippen LogP contribution in [0.3, 0.4) is 0 Å². The number of phenols is 1. The highest BCUT2D eigenvalue weighted by molar-refractivity contribution is 6.25. The third-order valence-electron chi connectivity index (χ3n) is 8.75. The number of anilines is 1. The molecule has 1 heterocycles. The molecule has 6 rings (SSSR count). The molecular formula is C32H27NO9. The molecule has 2 aromatic carbocycles. The van der Waals surface area contributed by atoms with Gasteiger partial charge in [-0.2, -0.15) is 0 Å². The third kappa shape index (κ3) is 3.89. The number of methoxy groups -OCH3 is 2. The van der Waals surface area contributed by atoms with Crippen molar-refractivity contribution in [1.82, 2.24) is 0 Å². The summed E-state index contributed by atoms with van der Waals surface area (Å²) in [5, 5.41) is 20.7. The minimum atomic E-state index is -1.19. The summed E-state index contributed by atoms with van der Waals surface area (Å²) in [7, 11) is 2.85. The Morgan fingerprint density at radius 1 is 1.00 bits per heavy atom. The van der Waals surface area contributed by atoms with Crippen molar-refractivity contribution in [3.8, 4) is 17.2 Å². The number of carboxylic acids is 1. The molecule has 214 valence electrons. The summed E-state index contributed by atoms with van der Waals surface area (Å²) in [4.78, 5) is 67.3. The van der Waals surface area contributed by atoms with E-state index in [2.05, 4.69) is 0 Å². The second kappa shape index (κ2) is 9.83. The van der Waals surface area contributed by atoms with E-state index in [0.29, 0.717) is 11.3 Å². The van der Waals surface area contributed by atoms with Gasteiger partial charge in [-0.25, -0.2) is 4.79 Å². The minimum Gasteiger partial charge on any atom is -0.507 e. The number of carboxylic acid groups (broad SMARTS) is 1. The molecule has 1 aliphatic heterocycles. The first-order valence-electron chi connectivity index (χ1n) is 13.4. The van der Waals surface area contributed by atoms with Gasteiger partial charge in [-0.05, 0) is 50.0 Å². The largest absolute Gasteiger partial charge is 0.507 e. The van der Waals surface area contributed by atoms with Crippen LogP contribution in [0.1, 0.15) is 41.6 Å². The van der Waals surface area contributed by atoms with Crippen LogP contribution in [0.15, 0.2) is 70.8 Å². The summed E-state index contributed by atoms with van der Waals surface area (Å²) in [6.07, 6.45) is 3.36. The molecule has 10 heteroatoms. The number of ether oxygens (including phenoxy) is 2. The Bertz CT molecular complexity index is 1710. The molecular weight excluding hydrogens is 542 g/mol. The topological polar surface area (TPSA) is 148 Å². The lowest BCUT2D eigenvalue weighted by Crippen LogP contribution is -2.40. The van der Waals surface area contributed by atoms with Crippen LogP contribution < -0.4 is 14.4 Å². The average Bonchev–Trinajstić information content (AvgIpc) is 3.24. The highest BCUT2D eigenvalue weighted by Crippen LogP contribution is 2.58. The molecule has 42 heavy (non-hydrogen) atoms. The summed E-state index contributed by atoms with van der Waals surface area (Å²) in [5.74, 6) is -5.62. The number of ketones is 2. The van der Waals surface area contributed by atoms with Crippen LogP contribution >= 0.6 is 0 Å². The minimum absolute atomic E-state index is 0.0639. The Balaban J connectivity index is 1.51. The van der Waals surface area contributed by atoms with Crippen LogP contribution in [0.4, 0.5) is 5.69 Å². The van der Waals surface area contributed by atoms with Gasteiger partial charge in [0, 0.05) is 40.3 Å². The van der Waals surface area contributed by atoms with Crippen molar-refractivity contribution >= 4 is 35.0 Å². The molecule has 2 amide bonds. The molecule has 0 bridgehead atoms. The number of phenolic OH excluding ortho intramolecular Hbond substituents is 1. The van der Waals surface area contributed by atoms with Gasteiger partial charge in [0.1, 0.15) is 17.2 Å². The Morgan fingerprint density at radius 3 is 2.45 bits per heavy atom. The van der Waals surface area contributed by atoms with Crippen LogP contribution in [0.25, 0.3) is 0 Å². The maximum absolute atomic E-state index is 14.0. The number of amides is 2. The second-order valence-corrected chi connectivity index (χ2v) is 10.9. The Kier molecular flexibility index (Phi) is 6.36. The molecule has 4 aliphatic rings. The van der Waals surface area contributed by atoms with Gasteiger partial charge >= 0.3 is 5.97 Å². The fraction of sp³-hybridized carbons (Fsp3) is 0.281. The number of aromatic hydroxyl groups is 1. The summed E-state index contributed by atoms with van der Waals surface area (Å²) in [6, 6.07) is 8.61. The first kappa shape index (κ1) is 27.2. The Labute approximate surface area is 240 Å². The molecule has 2 aromatic rings. The number of Topliss-reactive ketones (excluding diaryl/α,β-unsaturated/α-hetero) is 1. The molecule has 0 radical (unpaired) electrons. The molecule has 0 aromatic heterocycles. The maximum Gasteiger partial charge on any atom is 0.335 e. The number of carbonyl (C=O) groups is 5. The normalized spacial score (nSPS) is 25.0. The molecule has 10 nitrogen and oxygen atoms in total. The lowest BCUT2D eigenvalue weighted by molar-refractivity contribution is -0.123. The van der Waals surface area contributed by atoms with E-state index in [4.69, 9.17) is 9.47 Å². The van der Waals surface area contributed by atoms with Crippen molar-refractivity contribution < 1.29 is 43.7 Å². The predicted octanol–water partition coefficient (Wildman–Crippen LogP) is 3.74. The smallest absolute Gasteiger partial charge is 0.335 e. The van der Waals surface area contributed by atoms with E-state index in [9.17, 15) is 34.2 Å². The molecule has 3 aliphatic carbocycles. The number of hydrogen-bond donors (Lipinski definition) is 2. The highest BCUT2D eigenvalue weighted by Gasteiger charge is 2.57. The van der Waals surface area contributed by atoms with E-state index in [-0.39, 0.29) is 69.4 Å². The number of fused-ring (bicyclic) bond motifs is 3. The van der Waals surface area contributed by atoms with Crippen LogP contribution in [0.5, 0.6) is 17.2 Å². The number of allylic oxidation sites excluding steroid dienone is 6. The Hall–Kier alpha value is -4.99. The van der Waals surface area contributed by atoms with Gasteiger partial charge in [0.15, 0.2) is 11.6 Å². The highest BCUT2D eigenvalue weighted by atomic mass is 16.5. The van der Waals surface area contributed by atoms with E-state index < -0.39 is 41.5 Å². The van der Waals surface area contributed by atoms with Gasteiger partial charge in [0.2, 0.25) is 11.8 Å². The zero-order valence-corrected chi connectivity index (χ0v) is 23.0. The lowest BCUT2D eigenvalue weighted by atomic mass is 9.59. The molecule has 0 unspecified atom stereocenters. The van der Waals surface area contributed by atoms with Crippen molar-refractivity contribution in [2.75, 3.05) is 19.1 Å². The van der Waals surface area contributed by atoms with Crippen molar-refractivity contribution in [3.63, 3.8) is 0 Å². The number of rotatable bonds is 5. The van der Waals surface area contributed by atoms with Crippen LogP contribution in [-0.4, -0.2) is 53.8 Å². The predicted molar refractivity (Wildman–Crippen MR) is 148 cm³/mol. The molecule has 4 atom stereocenters. The molecule has 2 N–H and O–H groups in total. The summed E-state index contributed by atoms with van der Waals surface area (Å²) in [6.45, 7) is 1.56. The standard InChI is InChI=1S/C32H27NO9/c1-14-9-22(34)21-13-20-18(26(27(21)29(14)36)28-23(35)11-17(41-2)12-24(28)42-3)7-8-19-25(20)31(38)33(30(19)37)16-6-4-5-15(10-16)32(39)40/h4-7,9-12,19-20,25-26,35H,8,13H2,1-3H3,(H,39,40)/t19-,20+,25-,26-/m0/s1. The summed E-state index contributed by atoms with van der Waals surface area (Å²) in [5.41, 5.74) is 1.73. The van der Waals surface area contributed by atoms with Gasteiger partial charge in [-0.1, -0.05) is 17.7 Å². The van der Waals surface area contributed by atoms with E-state index >= 15 is 0 Å². The van der Waals surface area contributed by atoms with E-state index in [0.717, 1.165) is 4.90 Å². The first-order chi connectivity index (χ1) is 20.1. The van der Waals surface area contributed by atoms with Crippen LogP contribution in [-0.2, 0) is 19.2 Å². The number of imide groups is 1. The van der Waals surface area contributed by atoms with E-state index in [1.54, 1.807) is 13.0 Å². The molecule has 1 saturated heterocycles. The van der Waals surface area contributed by atoms with Gasteiger partial charge in [0.25, 0.3) is 0 Å². The number of carbonyl (C=O) groups excluding carboxylic acids is 4. The van der Waals surface area contributed by atoms with Crippen molar-refractivity contribution in [2.24, 2.45) is 17.8 Å². The van der Waals surface area contributed by atoms with Crippen LogP contribution in [0.2, 0.25) is 0 Å². The van der Waals surface area contributed by atoms with Gasteiger partial charge < -0.3 is 19.7 Å². The number of nitrogens with zero attached hydrogens (tertiary/aromatic N) is 1. The number of benzene rings is 2. The second-order valence-electron chi connectivity index (χ2n) is 10.9. The first-order valence-corrected chi connectivity index (χ1v) is 13.4. The SMILES string of the molecule is COc1cc(O)c([C@H]2C3=CC[C@@H]4C(=O)N(c5cccc(C(=O)O)c5)C(=O)[C@@H]4[C@@H]3CC3=C2C(=O)C(C)=CC3=O)c(OC)c1. The van der Waals surface area contributed by atoms with Crippen LogP contribution in [0, 0.1) is 17.8 Å². The monoisotopic (exact) mass is 569 g/mol. The third-order valence-corrected chi connectivity index (χ3v) is 8.75. The van der Waals surface area contributed by atoms with E-state index in [1.165, 1.54) is 50.6 Å². The van der Waals surface area contributed by atoms with Crippen molar-refractivity contribution in [2.45, 2.75) is 25.7 Å². The van der Waals surface area contributed by atoms with Gasteiger partial charge in [-0.3, -0.25) is 24.1 Å². The zero-order chi connectivity index (χ0) is 30.0. The number of hydrogen-bond acceptors (Lipinski definition) is 8. The van der Waals surface area contributed by atoms with E-state index in [1.807, 2.05) is 6.08 Å². The number of aromatic carboxylic acids is 1. The summed E-state index contributed by atoms with van der Waals surface area (Å²) >= 11 is 0. The molecule has 1 fully saturated rings. The zero-order valence-electron chi connectivity index (χ0n) is 23.0. The maximum atomic E-state index is 14.0. The van der Waals surface area contributed by atoms with Crippen molar-refractivity contribution in [3.05, 3.63) is 82.0 Å². The van der Waals surface area contributed by atoms with Gasteiger partial charge in [0.05, 0.1) is 37.3 Å². The average molecular weight is 570 g/mol. The fourth-order valence-corrected chi connectivity index (χ4v) is 6.89. The molecule has 0 saturated carbocycles. The lowest BCUT2D eigenvalue weighted by Gasteiger charge is -2.42. The van der Waals surface area contributed by atoms with Crippen molar-refractivity contribution in [1.29, 1.82) is 0 Å². The summed E-state index contributed by atoms with van der Waals surface area (Å²) < 4.78 is 10.9. The quantitative estimate of drug-likeness (QED) is 0.312. The van der Waals surface area contributed by atoms with Gasteiger partial charge in [-0.15, -0.1) is 0 Å². The fourth-order valence-electron chi connectivity index (χ4n) is 6.89. The Morgan fingerprint density at radius 2 is 1.76 bits per heavy atom.